The predicted octanol–water partition coefficient (Wildman–Crippen LogP) is 20.7. The van der Waals surface area contributed by atoms with Gasteiger partial charge in [-0.15, -0.1) is 0 Å². The van der Waals surface area contributed by atoms with Crippen molar-refractivity contribution in [3.63, 3.8) is 0 Å². The molecule has 5 nitrogen and oxygen atoms in total. The maximum absolute atomic E-state index is 11.7. The summed E-state index contributed by atoms with van der Waals surface area (Å²) in [6.45, 7) is 37.3. The molecule has 1 spiro atoms. The summed E-state index contributed by atoms with van der Waals surface area (Å²) >= 11 is 0. The molecule has 10 atom stereocenters. The van der Waals surface area contributed by atoms with Crippen LogP contribution in [-0.2, 0) is 95.8 Å². The van der Waals surface area contributed by atoms with Crippen LogP contribution in [0, 0.1) is 0 Å². The van der Waals surface area contributed by atoms with Gasteiger partial charge in [0.05, 0.1) is 37.3 Å². The molecule has 16 rings (SSSR count). The number of hydrogen-bond acceptors (Lipinski definition) is 5. The first-order chi connectivity index (χ1) is 47.1. The molecule has 5 aromatic carbocycles. The van der Waals surface area contributed by atoms with E-state index in [-0.39, 0.29) is 33.2 Å². The molecule has 0 radical (unpaired) electrons. The van der Waals surface area contributed by atoms with Crippen LogP contribution in [0.25, 0.3) is 0 Å². The molecule has 0 aromatic heterocycles. The molecular formula is C90H131O5S5+5. The monoisotopic (exact) mass is 1450 g/mol. The van der Waals surface area contributed by atoms with Gasteiger partial charge in [0.15, 0.2) is 24.5 Å². The van der Waals surface area contributed by atoms with Crippen LogP contribution in [0.4, 0.5) is 0 Å². The summed E-state index contributed by atoms with van der Waals surface area (Å²) in [7, 11) is 3.92. The second kappa shape index (κ2) is 30.9. The van der Waals surface area contributed by atoms with Crippen LogP contribution < -0.4 is 0 Å². The molecule has 10 bridgehead atoms. The molecule has 11 fully saturated rings. The average Bonchev–Trinajstić information content (AvgIpc) is 1.73. The lowest BCUT2D eigenvalue weighted by Crippen LogP contribution is -2.50. The van der Waals surface area contributed by atoms with E-state index in [1.54, 1.807) is 9.79 Å². The van der Waals surface area contributed by atoms with Gasteiger partial charge in [-0.1, -0.05) is 165 Å². The van der Waals surface area contributed by atoms with E-state index in [0.29, 0.717) is 93.0 Å². The van der Waals surface area contributed by atoms with Crippen LogP contribution in [0.5, 0.6) is 0 Å². The fourth-order valence-electron chi connectivity index (χ4n) is 18.9. The van der Waals surface area contributed by atoms with Gasteiger partial charge in [-0.2, -0.15) is 0 Å². The summed E-state index contributed by atoms with van der Waals surface area (Å²) in [6.07, 6.45) is 27.6. The Bertz CT molecular complexity index is 3330. The highest BCUT2D eigenvalue weighted by molar-refractivity contribution is 7.99. The number of carbonyl (C=O) groups is 1. The van der Waals surface area contributed by atoms with Gasteiger partial charge >= 0.3 is 0 Å². The highest BCUT2D eigenvalue weighted by Gasteiger charge is 2.61. The molecule has 0 aliphatic carbocycles. The number of ketones is 1. The van der Waals surface area contributed by atoms with Gasteiger partial charge in [0.1, 0.15) is 63.9 Å². The third kappa shape index (κ3) is 18.3. The van der Waals surface area contributed by atoms with E-state index in [1.165, 1.54) is 145 Å². The molecule has 10 heteroatoms. The second-order valence-corrected chi connectivity index (χ2v) is 50.5. The Balaban J connectivity index is 0.000000119. The number of aliphatic hydroxyl groups excluding tert-OH is 1. The fourth-order valence-corrected chi connectivity index (χ4v) is 36.2. The fraction of sp³-hybridized carbons (Fsp3) is 0.656. The van der Waals surface area contributed by atoms with E-state index >= 15 is 0 Å². The third-order valence-corrected chi connectivity index (χ3v) is 39.9. The van der Waals surface area contributed by atoms with Crippen molar-refractivity contribution >= 4 is 60.3 Å². The summed E-state index contributed by atoms with van der Waals surface area (Å²) in [5, 5.41) is 28.1. The lowest BCUT2D eigenvalue weighted by molar-refractivity contribution is -0.119. The molecule has 0 amide bonds. The van der Waals surface area contributed by atoms with E-state index in [1.807, 2.05) is 14.0 Å². The van der Waals surface area contributed by atoms with E-state index < -0.39 is 5.60 Å². The first-order valence-corrected chi connectivity index (χ1v) is 46.1. The molecule has 11 aliphatic rings. The summed E-state index contributed by atoms with van der Waals surface area (Å²) in [5.41, 5.74) is 8.26. The zero-order valence-electron chi connectivity index (χ0n) is 64.9. The van der Waals surface area contributed by atoms with Crippen LogP contribution in [0.2, 0.25) is 0 Å². The molecule has 11 heterocycles. The van der Waals surface area contributed by atoms with Gasteiger partial charge in [-0.25, -0.2) is 0 Å². The van der Waals surface area contributed by atoms with Crippen molar-refractivity contribution in [2.75, 3.05) is 13.7 Å². The average molecular weight is 1450 g/mol. The Morgan fingerprint density at radius 2 is 0.610 bits per heavy atom. The number of ether oxygens (including phenoxy) is 2. The Morgan fingerprint density at radius 1 is 0.370 bits per heavy atom. The number of Topliss-reactive ketones (excluding diaryl/α,β-unsaturated/α-hetero) is 1. The van der Waals surface area contributed by atoms with Gasteiger partial charge in [-0.05, 0) is 161 Å². The smallest absolute Gasteiger partial charge is 0.155 e. The van der Waals surface area contributed by atoms with Gasteiger partial charge in [0.2, 0.25) is 0 Å². The van der Waals surface area contributed by atoms with Crippen LogP contribution in [0.1, 0.15) is 280 Å². The largest absolute Gasteiger partial charge is 0.393 e. The number of methoxy groups -OCH3 is 1. The van der Waals surface area contributed by atoms with Crippen molar-refractivity contribution in [2.24, 2.45) is 0 Å². The van der Waals surface area contributed by atoms with Gasteiger partial charge in [0.25, 0.3) is 0 Å². The van der Waals surface area contributed by atoms with Crippen molar-refractivity contribution in [1.82, 2.24) is 0 Å². The molecule has 10 unspecified atom stereocenters. The third-order valence-electron chi connectivity index (χ3n) is 24.5. The zero-order chi connectivity index (χ0) is 71.5. The number of carbonyl (C=O) groups excluding carboxylic acids is 1. The van der Waals surface area contributed by atoms with Crippen molar-refractivity contribution in [2.45, 2.75) is 379 Å². The maximum atomic E-state index is 11.7. The van der Waals surface area contributed by atoms with Gasteiger partial charge in [0, 0.05) is 151 Å². The topological polar surface area (TPSA) is 79.3 Å². The lowest BCUT2D eigenvalue weighted by Gasteiger charge is -2.41. The first-order valence-electron chi connectivity index (χ1n) is 39.3. The molecule has 2 N–H and O–H groups in total. The van der Waals surface area contributed by atoms with Crippen LogP contribution in [-0.4, -0.2) is 106 Å². The lowest BCUT2D eigenvalue weighted by atomic mass is 9.87. The number of benzene rings is 5. The minimum Gasteiger partial charge on any atom is -0.393 e. The summed E-state index contributed by atoms with van der Waals surface area (Å²) in [6, 6.07) is 47.1. The Kier molecular flexibility index (Phi) is 23.8. The molecule has 11 saturated heterocycles. The minimum absolute atomic E-state index is 0.0323. The SMILES string of the molecule is CC(C)(C)c1ccc([S+]2C3CCC2CC(=O)C3)cc1.CC(C)(C)c1ccc([S+]2C3CCC2CC(O)C3)cc1.CC(C)(C)c1ccc([S+]2C3CCCC2CC2(CO2)C3)cc1.CC1(O)CC2CCCC(C1)[S+]2c1ccc(C(C)(C)C)cc1.COC1CC2CCC(C1)[S+]2c1ccc(C(C)(C)C)cc1. The zero-order valence-corrected chi connectivity index (χ0v) is 69.0. The van der Waals surface area contributed by atoms with E-state index in [9.17, 15) is 15.0 Å². The highest BCUT2D eigenvalue weighted by Crippen LogP contribution is 2.53. The molecule has 11 aliphatic heterocycles. The Hall–Kier alpha value is -2.64. The summed E-state index contributed by atoms with van der Waals surface area (Å²) in [5.74, 6) is 0.502. The van der Waals surface area contributed by atoms with Gasteiger partial charge in [-0.3, -0.25) is 4.79 Å². The standard InChI is InChI=1S/C19H27OS.C19H29OS.C18H27OS.C17H25OS.C17H23OS/c1-18(2,3)14-7-9-15(10-8-14)21-16-5-4-6-17(21)12-19(11-16)13-20-19;1-18(2,3)14-8-10-15(11-9-14)21-16-6-5-7-17(21)13-19(4,20)12-16;1-18(2,3)13-5-7-15(8-6-13)20-16-9-10-17(20)12-14(11-16)19-4;2*1-17(2,3)12-4-6-14(7-5-12)19-15-8-9-16(19)11-13(18)10-15/h7-10,16-17H,4-6,11-13H2,1-3H3;8-11,16-17,20H,5-7,12-13H2,1-4H3;5-8,14,16-17H,9-12H2,1-4H3;4-7,13,15-16,18H,8-11H2,1-3H3;4-7,15-16H,8-11H2,1-3H3/q5*+1. The number of rotatable bonds is 6. The van der Waals surface area contributed by atoms with E-state index in [2.05, 4.69) is 225 Å². The highest BCUT2D eigenvalue weighted by atomic mass is 32.2. The minimum atomic E-state index is -0.426. The maximum Gasteiger partial charge on any atom is 0.155 e. The Labute approximate surface area is 622 Å². The van der Waals surface area contributed by atoms with Crippen molar-refractivity contribution in [3.05, 3.63) is 149 Å². The van der Waals surface area contributed by atoms with E-state index in [4.69, 9.17) is 9.47 Å². The number of epoxide rings is 1. The number of fused-ring (bicyclic) bond motifs is 10. The predicted molar refractivity (Wildman–Crippen MR) is 434 cm³/mol. The van der Waals surface area contributed by atoms with Crippen molar-refractivity contribution in [3.8, 4) is 0 Å². The molecular weight excluding hydrogens is 1320 g/mol. The van der Waals surface area contributed by atoms with E-state index in [0.717, 1.165) is 76.6 Å². The normalized spacial score (nSPS) is 34.8. The number of aliphatic hydroxyl groups is 2. The molecule has 0 saturated carbocycles. The first kappa shape index (κ1) is 77.0. The summed E-state index contributed by atoms with van der Waals surface area (Å²) in [4.78, 5) is 19.5. The van der Waals surface area contributed by atoms with Crippen molar-refractivity contribution < 1.29 is 24.5 Å². The van der Waals surface area contributed by atoms with Crippen LogP contribution in [0.15, 0.2) is 146 Å². The van der Waals surface area contributed by atoms with Crippen LogP contribution in [0.3, 0.4) is 0 Å². The summed E-state index contributed by atoms with van der Waals surface area (Å²) < 4.78 is 11.5. The quantitative estimate of drug-likeness (QED) is 0.131. The molecule has 100 heavy (non-hydrogen) atoms. The molecule has 546 valence electrons. The van der Waals surface area contributed by atoms with Crippen molar-refractivity contribution in [1.29, 1.82) is 0 Å². The van der Waals surface area contributed by atoms with Crippen LogP contribution >= 0.6 is 0 Å². The Morgan fingerprint density at radius 3 is 0.870 bits per heavy atom. The van der Waals surface area contributed by atoms with Gasteiger partial charge < -0.3 is 19.7 Å². The molecule has 5 aromatic rings. The second-order valence-electron chi connectivity index (χ2n) is 37.7. The number of hydrogen-bond donors (Lipinski definition) is 2.